The van der Waals surface area contributed by atoms with Crippen LogP contribution in [0.25, 0.3) is 22.4 Å². The van der Waals surface area contributed by atoms with Crippen LogP contribution in [-0.2, 0) is 6.67 Å². The normalized spacial score (nSPS) is 11.2. The van der Waals surface area contributed by atoms with Crippen LogP contribution in [0, 0.1) is 6.92 Å². The molecule has 3 aromatic heterocycles. The Morgan fingerprint density at radius 2 is 2.00 bits per heavy atom. The second-order valence-electron chi connectivity index (χ2n) is 5.34. The van der Waals surface area contributed by atoms with E-state index >= 15 is 0 Å². The van der Waals surface area contributed by atoms with Crippen LogP contribution in [-0.4, -0.2) is 29.7 Å². The summed E-state index contributed by atoms with van der Waals surface area (Å²) in [6, 6.07) is 8.63. The Morgan fingerprint density at radius 1 is 1.21 bits per heavy atom. The number of aromatic nitrogens is 5. The summed E-state index contributed by atoms with van der Waals surface area (Å²) in [5.41, 5.74) is 2.80. The van der Waals surface area contributed by atoms with Crippen molar-refractivity contribution in [2.45, 2.75) is 13.6 Å². The molecule has 4 aromatic rings. The van der Waals surface area contributed by atoms with Crippen molar-refractivity contribution in [3.8, 4) is 17.0 Å². The highest BCUT2D eigenvalue weighted by Crippen LogP contribution is 2.32. The van der Waals surface area contributed by atoms with Gasteiger partial charge in [0, 0.05) is 17.3 Å². The highest BCUT2D eigenvalue weighted by Gasteiger charge is 2.15. The molecule has 0 saturated carbocycles. The van der Waals surface area contributed by atoms with Crippen molar-refractivity contribution in [2.75, 3.05) is 0 Å². The van der Waals surface area contributed by atoms with Crippen LogP contribution >= 0.6 is 0 Å². The molecule has 0 fully saturated rings. The fourth-order valence-electron chi connectivity index (χ4n) is 2.57. The van der Waals surface area contributed by atoms with Crippen molar-refractivity contribution >= 4 is 11.1 Å². The molecule has 24 heavy (non-hydrogen) atoms. The van der Waals surface area contributed by atoms with Crippen LogP contribution in [0.4, 0.5) is 0 Å². The zero-order chi connectivity index (χ0) is 16.7. The van der Waals surface area contributed by atoms with Gasteiger partial charge in [-0.15, -0.1) is 0 Å². The molecular weight excluding hydrogens is 310 g/mol. The number of phenols is 1. The standard InChI is InChI=1S/C16H13N5O3/c1-10-3-2-4-12(19-10)11-7-13-15(8-14(11)22)24-16(23)20(13)9-21-17-5-6-18-21/h2-8,22H,9H2,1H3. The van der Waals surface area contributed by atoms with Crippen LogP contribution in [0.1, 0.15) is 5.69 Å². The van der Waals surface area contributed by atoms with Crippen LogP contribution in [0.5, 0.6) is 5.75 Å². The van der Waals surface area contributed by atoms with Gasteiger partial charge in [0.2, 0.25) is 0 Å². The van der Waals surface area contributed by atoms with E-state index in [0.29, 0.717) is 22.4 Å². The zero-order valence-electron chi connectivity index (χ0n) is 12.7. The highest BCUT2D eigenvalue weighted by molar-refractivity contribution is 5.84. The third-order valence-corrected chi connectivity index (χ3v) is 3.68. The number of rotatable bonds is 3. The second kappa shape index (κ2) is 5.34. The molecule has 0 bridgehead atoms. The lowest BCUT2D eigenvalue weighted by atomic mass is 10.1. The molecule has 0 radical (unpaired) electrons. The number of hydrogen-bond acceptors (Lipinski definition) is 6. The third-order valence-electron chi connectivity index (χ3n) is 3.68. The molecule has 3 heterocycles. The maximum Gasteiger partial charge on any atom is 0.421 e. The first kappa shape index (κ1) is 14.2. The first-order valence-electron chi connectivity index (χ1n) is 7.26. The van der Waals surface area contributed by atoms with Gasteiger partial charge in [0.1, 0.15) is 12.4 Å². The number of phenolic OH excluding ortho intramolecular Hbond substituents is 1. The summed E-state index contributed by atoms with van der Waals surface area (Å²) in [7, 11) is 0. The number of nitrogens with zero attached hydrogens (tertiary/aromatic N) is 5. The molecule has 0 saturated heterocycles. The van der Waals surface area contributed by atoms with E-state index in [1.54, 1.807) is 12.1 Å². The van der Waals surface area contributed by atoms with Crippen LogP contribution in [0.3, 0.4) is 0 Å². The second-order valence-corrected chi connectivity index (χ2v) is 5.34. The number of aromatic hydroxyl groups is 1. The number of pyridine rings is 1. The minimum Gasteiger partial charge on any atom is -0.507 e. The van der Waals surface area contributed by atoms with Gasteiger partial charge >= 0.3 is 5.76 Å². The van der Waals surface area contributed by atoms with Crippen molar-refractivity contribution in [3.05, 3.63) is 59.0 Å². The lowest BCUT2D eigenvalue weighted by Gasteiger charge is -2.06. The van der Waals surface area contributed by atoms with E-state index < -0.39 is 5.76 Å². The SMILES string of the molecule is Cc1cccc(-c2cc3c(cc2O)oc(=O)n3Cn2nccn2)n1. The fraction of sp³-hybridized carbons (Fsp3) is 0.125. The summed E-state index contributed by atoms with van der Waals surface area (Å²) < 4.78 is 6.60. The molecule has 0 atom stereocenters. The van der Waals surface area contributed by atoms with E-state index in [1.165, 1.54) is 27.8 Å². The van der Waals surface area contributed by atoms with E-state index in [2.05, 4.69) is 15.2 Å². The van der Waals surface area contributed by atoms with E-state index in [-0.39, 0.29) is 12.4 Å². The largest absolute Gasteiger partial charge is 0.507 e. The summed E-state index contributed by atoms with van der Waals surface area (Å²) in [5.74, 6) is -0.547. The Bertz CT molecular complexity index is 1080. The molecule has 0 aliphatic rings. The minimum absolute atomic E-state index is 0.00119. The lowest BCUT2D eigenvalue weighted by molar-refractivity contribution is 0.439. The topological polar surface area (TPSA) is 99.0 Å². The number of aryl methyl sites for hydroxylation is 1. The van der Waals surface area contributed by atoms with Gasteiger partial charge in [-0.25, -0.2) is 4.79 Å². The van der Waals surface area contributed by atoms with Crippen molar-refractivity contribution in [1.29, 1.82) is 0 Å². The van der Waals surface area contributed by atoms with Gasteiger partial charge < -0.3 is 9.52 Å². The Hall–Kier alpha value is -3.42. The third kappa shape index (κ3) is 2.34. The molecule has 0 spiro atoms. The Labute approximate surface area is 135 Å². The molecule has 1 aromatic carbocycles. The summed E-state index contributed by atoms with van der Waals surface area (Å²) in [6.45, 7) is 1.99. The molecule has 120 valence electrons. The van der Waals surface area contributed by atoms with Crippen molar-refractivity contribution in [1.82, 2.24) is 24.5 Å². The molecule has 1 N–H and O–H groups in total. The highest BCUT2D eigenvalue weighted by atomic mass is 16.4. The first-order chi connectivity index (χ1) is 11.6. The Kier molecular flexibility index (Phi) is 3.16. The number of fused-ring (bicyclic) bond motifs is 1. The molecule has 4 rings (SSSR count). The van der Waals surface area contributed by atoms with Gasteiger partial charge in [0.05, 0.1) is 23.6 Å². The van der Waals surface area contributed by atoms with Crippen molar-refractivity contribution < 1.29 is 9.52 Å². The van der Waals surface area contributed by atoms with Crippen LogP contribution in [0.15, 0.2) is 51.9 Å². The van der Waals surface area contributed by atoms with E-state index in [4.69, 9.17) is 4.42 Å². The van der Waals surface area contributed by atoms with E-state index in [0.717, 1.165) is 5.69 Å². The van der Waals surface area contributed by atoms with E-state index in [9.17, 15) is 9.90 Å². The fourth-order valence-corrected chi connectivity index (χ4v) is 2.57. The summed E-state index contributed by atoms with van der Waals surface area (Å²) in [6.07, 6.45) is 3.06. The number of hydrogen-bond donors (Lipinski definition) is 1. The quantitative estimate of drug-likeness (QED) is 0.617. The van der Waals surface area contributed by atoms with Gasteiger partial charge in [-0.3, -0.25) is 9.55 Å². The first-order valence-corrected chi connectivity index (χ1v) is 7.26. The van der Waals surface area contributed by atoms with Gasteiger partial charge in [0.25, 0.3) is 0 Å². The molecule has 0 unspecified atom stereocenters. The van der Waals surface area contributed by atoms with Gasteiger partial charge in [-0.05, 0) is 25.1 Å². The van der Waals surface area contributed by atoms with Gasteiger partial charge in [0.15, 0.2) is 5.58 Å². The van der Waals surface area contributed by atoms with Gasteiger partial charge in [-0.1, -0.05) is 6.07 Å². The molecule has 0 aliphatic carbocycles. The predicted molar refractivity (Wildman–Crippen MR) is 85.5 cm³/mol. The molecular formula is C16H13N5O3. The summed E-state index contributed by atoms with van der Waals surface area (Å²) in [4.78, 5) is 17.9. The Morgan fingerprint density at radius 3 is 2.75 bits per heavy atom. The average Bonchev–Trinajstić information content (AvgIpc) is 3.16. The smallest absolute Gasteiger partial charge is 0.421 e. The zero-order valence-corrected chi connectivity index (χ0v) is 12.7. The van der Waals surface area contributed by atoms with E-state index in [1.807, 2.05) is 19.1 Å². The average molecular weight is 323 g/mol. The maximum absolute atomic E-state index is 12.1. The maximum atomic E-state index is 12.1. The predicted octanol–water partition coefficient (Wildman–Crippen LogP) is 1.77. The molecule has 8 heteroatoms. The Balaban J connectivity index is 1.91. The summed E-state index contributed by atoms with van der Waals surface area (Å²) >= 11 is 0. The number of benzene rings is 1. The monoisotopic (exact) mass is 323 g/mol. The van der Waals surface area contributed by atoms with Crippen LogP contribution < -0.4 is 5.76 Å². The van der Waals surface area contributed by atoms with Crippen LogP contribution in [0.2, 0.25) is 0 Å². The van der Waals surface area contributed by atoms with Crippen molar-refractivity contribution in [2.24, 2.45) is 0 Å². The lowest BCUT2D eigenvalue weighted by Crippen LogP contribution is -2.20. The number of oxazole rings is 1. The van der Waals surface area contributed by atoms with Crippen molar-refractivity contribution in [3.63, 3.8) is 0 Å². The molecule has 0 aliphatic heterocycles. The molecule has 0 amide bonds. The summed E-state index contributed by atoms with van der Waals surface area (Å²) in [5, 5.41) is 18.3. The molecule has 8 nitrogen and oxygen atoms in total. The minimum atomic E-state index is -0.545. The van der Waals surface area contributed by atoms with Gasteiger partial charge in [-0.2, -0.15) is 15.0 Å².